The Bertz CT molecular complexity index is 878. The fourth-order valence-electron chi connectivity index (χ4n) is 2.74. The van der Waals surface area contributed by atoms with E-state index in [1.807, 2.05) is 42.6 Å². The maximum absolute atomic E-state index is 12.3. The summed E-state index contributed by atoms with van der Waals surface area (Å²) in [6, 6.07) is 13.7. The molecule has 0 saturated carbocycles. The Kier molecular flexibility index (Phi) is 4.74. The van der Waals surface area contributed by atoms with E-state index in [1.165, 1.54) is 0 Å². The van der Waals surface area contributed by atoms with Crippen LogP contribution in [0.4, 0.5) is 0 Å². The lowest BCUT2D eigenvalue weighted by Gasteiger charge is -2.22. The highest BCUT2D eigenvalue weighted by atomic mass is 16.5. The number of amides is 1. The van der Waals surface area contributed by atoms with Crippen molar-refractivity contribution in [3.05, 3.63) is 66.0 Å². The third kappa shape index (κ3) is 3.82. The molecule has 0 spiro atoms. The molecule has 0 fully saturated rings. The van der Waals surface area contributed by atoms with Gasteiger partial charge in [-0.15, -0.1) is 0 Å². The highest BCUT2D eigenvalue weighted by molar-refractivity contribution is 6.00. The van der Waals surface area contributed by atoms with Gasteiger partial charge in [0, 0.05) is 6.20 Å². The minimum atomic E-state index is -0.145. The Morgan fingerprint density at radius 1 is 1.16 bits per heavy atom. The van der Waals surface area contributed by atoms with Crippen LogP contribution in [-0.4, -0.2) is 28.7 Å². The van der Waals surface area contributed by atoms with Gasteiger partial charge in [-0.3, -0.25) is 4.79 Å². The highest BCUT2D eigenvalue weighted by Gasteiger charge is 2.18. The molecule has 5 heteroatoms. The standard InChI is InChI=1S/C20H23N3O2/c1-20(2,3)16-8-4-5-10-18(16)25-13-11-21-19(24)15-14-22-23-12-7-6-9-17(15)23/h4-10,12,14H,11,13H2,1-3H3,(H,21,24). The number of nitrogens with zero attached hydrogens (tertiary/aromatic N) is 2. The van der Waals surface area contributed by atoms with E-state index in [2.05, 4.69) is 37.3 Å². The van der Waals surface area contributed by atoms with Crippen LogP contribution in [0.2, 0.25) is 0 Å². The first-order chi connectivity index (χ1) is 12.0. The first kappa shape index (κ1) is 17.0. The molecule has 0 aliphatic heterocycles. The molecule has 1 amide bonds. The molecule has 130 valence electrons. The number of carbonyl (C=O) groups excluding carboxylic acids is 1. The van der Waals surface area contributed by atoms with Crippen LogP contribution in [-0.2, 0) is 5.41 Å². The fraction of sp³-hybridized carbons (Fsp3) is 0.300. The number of nitrogens with one attached hydrogen (secondary N) is 1. The molecule has 3 rings (SSSR count). The van der Waals surface area contributed by atoms with Gasteiger partial charge in [-0.2, -0.15) is 5.10 Å². The number of pyridine rings is 1. The first-order valence-corrected chi connectivity index (χ1v) is 8.40. The summed E-state index contributed by atoms with van der Waals surface area (Å²) < 4.78 is 7.57. The Hall–Kier alpha value is -2.82. The molecule has 0 aliphatic carbocycles. The van der Waals surface area contributed by atoms with Crippen molar-refractivity contribution in [1.29, 1.82) is 0 Å². The average molecular weight is 337 g/mol. The van der Waals surface area contributed by atoms with E-state index in [9.17, 15) is 4.79 Å². The predicted molar refractivity (Wildman–Crippen MR) is 98.2 cm³/mol. The summed E-state index contributed by atoms with van der Waals surface area (Å²) >= 11 is 0. The van der Waals surface area contributed by atoms with Crippen LogP contribution in [0.3, 0.4) is 0 Å². The van der Waals surface area contributed by atoms with Crippen LogP contribution < -0.4 is 10.1 Å². The minimum absolute atomic E-state index is 0.0109. The molecule has 2 aromatic heterocycles. The largest absolute Gasteiger partial charge is 0.491 e. The Balaban J connectivity index is 1.58. The van der Waals surface area contributed by atoms with Crippen molar-refractivity contribution in [2.45, 2.75) is 26.2 Å². The van der Waals surface area contributed by atoms with Gasteiger partial charge in [0.1, 0.15) is 12.4 Å². The fourth-order valence-corrected chi connectivity index (χ4v) is 2.74. The molecule has 0 unspecified atom stereocenters. The number of carbonyl (C=O) groups is 1. The second-order valence-corrected chi connectivity index (χ2v) is 6.94. The van der Waals surface area contributed by atoms with E-state index in [-0.39, 0.29) is 11.3 Å². The van der Waals surface area contributed by atoms with E-state index < -0.39 is 0 Å². The number of benzene rings is 1. The maximum Gasteiger partial charge on any atom is 0.255 e. The number of para-hydroxylation sites is 1. The van der Waals surface area contributed by atoms with Gasteiger partial charge in [0.15, 0.2) is 0 Å². The summed E-state index contributed by atoms with van der Waals surface area (Å²) in [5.74, 6) is 0.717. The SMILES string of the molecule is CC(C)(C)c1ccccc1OCCNC(=O)c1cnn2ccccc12. The molecule has 25 heavy (non-hydrogen) atoms. The number of hydrogen-bond acceptors (Lipinski definition) is 3. The number of ether oxygens (including phenoxy) is 1. The third-order valence-electron chi connectivity index (χ3n) is 4.01. The third-order valence-corrected chi connectivity index (χ3v) is 4.01. The van der Waals surface area contributed by atoms with Gasteiger partial charge in [0.2, 0.25) is 0 Å². The highest BCUT2D eigenvalue weighted by Crippen LogP contribution is 2.30. The van der Waals surface area contributed by atoms with Gasteiger partial charge in [-0.1, -0.05) is 45.0 Å². The van der Waals surface area contributed by atoms with Gasteiger partial charge < -0.3 is 10.1 Å². The van der Waals surface area contributed by atoms with Crippen LogP contribution in [0.25, 0.3) is 5.52 Å². The van der Waals surface area contributed by atoms with E-state index >= 15 is 0 Å². The molecule has 0 atom stereocenters. The molecule has 0 aliphatic rings. The van der Waals surface area contributed by atoms with Crippen molar-refractivity contribution < 1.29 is 9.53 Å². The maximum atomic E-state index is 12.3. The number of aromatic nitrogens is 2. The first-order valence-electron chi connectivity index (χ1n) is 8.40. The Morgan fingerprint density at radius 2 is 1.92 bits per heavy atom. The molecule has 5 nitrogen and oxygen atoms in total. The van der Waals surface area contributed by atoms with Gasteiger partial charge in [0.25, 0.3) is 5.91 Å². The zero-order valence-corrected chi connectivity index (χ0v) is 14.8. The van der Waals surface area contributed by atoms with Gasteiger partial charge in [-0.05, 0) is 29.2 Å². The smallest absolute Gasteiger partial charge is 0.255 e. The minimum Gasteiger partial charge on any atom is -0.491 e. The van der Waals surface area contributed by atoms with Crippen LogP contribution >= 0.6 is 0 Å². The summed E-state index contributed by atoms with van der Waals surface area (Å²) in [4.78, 5) is 12.3. The van der Waals surface area contributed by atoms with E-state index in [1.54, 1.807) is 10.7 Å². The molecule has 3 aromatic rings. The van der Waals surface area contributed by atoms with Crippen molar-refractivity contribution in [2.75, 3.05) is 13.2 Å². The molecular weight excluding hydrogens is 314 g/mol. The molecule has 0 radical (unpaired) electrons. The Morgan fingerprint density at radius 3 is 2.72 bits per heavy atom. The summed E-state index contributed by atoms with van der Waals surface area (Å²) in [6.45, 7) is 7.31. The normalized spacial score (nSPS) is 11.5. The van der Waals surface area contributed by atoms with E-state index in [0.717, 1.165) is 16.8 Å². The molecule has 0 bridgehead atoms. The van der Waals surface area contributed by atoms with Crippen molar-refractivity contribution in [1.82, 2.24) is 14.9 Å². The summed E-state index contributed by atoms with van der Waals surface area (Å²) in [7, 11) is 0. The molecule has 1 N–H and O–H groups in total. The molecule has 1 aromatic carbocycles. The summed E-state index contributed by atoms with van der Waals surface area (Å²) in [5, 5.41) is 7.07. The second-order valence-electron chi connectivity index (χ2n) is 6.94. The lowest BCUT2D eigenvalue weighted by atomic mass is 9.86. The van der Waals surface area contributed by atoms with Crippen LogP contribution in [0.5, 0.6) is 5.75 Å². The second kappa shape index (κ2) is 6.97. The quantitative estimate of drug-likeness (QED) is 0.726. The van der Waals surface area contributed by atoms with Crippen molar-refractivity contribution in [2.24, 2.45) is 0 Å². The number of fused-ring (bicyclic) bond motifs is 1. The topological polar surface area (TPSA) is 55.6 Å². The summed E-state index contributed by atoms with van der Waals surface area (Å²) in [6.07, 6.45) is 3.40. The van der Waals surface area contributed by atoms with Crippen LogP contribution in [0.1, 0.15) is 36.7 Å². The lowest BCUT2D eigenvalue weighted by Crippen LogP contribution is -2.28. The van der Waals surface area contributed by atoms with Crippen molar-refractivity contribution in [3.8, 4) is 5.75 Å². The van der Waals surface area contributed by atoms with Gasteiger partial charge in [0.05, 0.1) is 23.8 Å². The van der Waals surface area contributed by atoms with Crippen LogP contribution in [0.15, 0.2) is 54.9 Å². The molecular formula is C20H23N3O2. The summed E-state index contributed by atoms with van der Waals surface area (Å²) in [5.41, 5.74) is 2.52. The number of hydrogen-bond donors (Lipinski definition) is 1. The van der Waals surface area contributed by atoms with E-state index in [0.29, 0.717) is 18.7 Å². The molecule has 0 saturated heterocycles. The van der Waals surface area contributed by atoms with Gasteiger partial charge in [-0.25, -0.2) is 4.52 Å². The van der Waals surface area contributed by atoms with E-state index in [4.69, 9.17) is 4.74 Å². The molecule has 2 heterocycles. The van der Waals surface area contributed by atoms with Gasteiger partial charge >= 0.3 is 0 Å². The van der Waals surface area contributed by atoms with Crippen LogP contribution in [0, 0.1) is 0 Å². The van der Waals surface area contributed by atoms with Crippen molar-refractivity contribution >= 4 is 11.4 Å². The predicted octanol–water partition coefficient (Wildman–Crippen LogP) is 3.44. The number of rotatable bonds is 5. The average Bonchev–Trinajstić information content (AvgIpc) is 3.02. The monoisotopic (exact) mass is 337 g/mol. The van der Waals surface area contributed by atoms with Crippen molar-refractivity contribution in [3.63, 3.8) is 0 Å². The lowest BCUT2D eigenvalue weighted by molar-refractivity contribution is 0.0948. The zero-order valence-electron chi connectivity index (χ0n) is 14.8. The zero-order chi connectivity index (χ0) is 17.9. The Labute approximate surface area is 147 Å².